The van der Waals surface area contributed by atoms with Gasteiger partial charge in [-0.1, -0.05) is 0 Å². The van der Waals surface area contributed by atoms with Gasteiger partial charge >= 0.3 is 72.7 Å². The summed E-state index contributed by atoms with van der Waals surface area (Å²) < 4.78 is 26.7. The molecule has 0 aromatic carbocycles. The Labute approximate surface area is 182 Å². The second-order valence-corrected chi connectivity index (χ2v) is 7.39. The van der Waals surface area contributed by atoms with Crippen molar-refractivity contribution < 1.29 is 104 Å². The average Bonchev–Trinajstić information content (AvgIpc) is 2.31. The molecule has 0 radical (unpaired) electrons. The van der Waals surface area contributed by atoms with Crippen LogP contribution in [0.5, 0.6) is 6.01 Å². The maximum atomic E-state index is 10.9. The van der Waals surface area contributed by atoms with Gasteiger partial charge in [0.25, 0.3) is 0 Å². The number of ether oxygens (including phenoxy) is 1. The van der Waals surface area contributed by atoms with Gasteiger partial charge in [0.15, 0.2) is 0 Å². The van der Waals surface area contributed by atoms with Gasteiger partial charge in [-0.05, 0) is 26.6 Å². The maximum Gasteiger partial charge on any atom is 1.00 e. The molecule has 1 heterocycles. The molecule has 7 N–H and O–H groups in total. The summed E-state index contributed by atoms with van der Waals surface area (Å²) in [7, 11) is -10.5. The zero-order valence-corrected chi connectivity index (χ0v) is 18.9. The number of rotatable bonds is 8. The van der Waals surface area contributed by atoms with Crippen LogP contribution in [0.3, 0.4) is 0 Å². The van der Waals surface area contributed by atoms with Gasteiger partial charge in [-0.15, -0.1) is 0 Å². The summed E-state index contributed by atoms with van der Waals surface area (Å²) in [6.45, 7) is -0.0377. The molecule has 1 unspecified atom stereocenters. The van der Waals surface area contributed by atoms with Crippen molar-refractivity contribution in [2.24, 2.45) is 0 Å². The molecule has 0 aliphatic carbocycles. The first kappa shape index (κ1) is 32.7. The normalized spacial score (nSPS) is 11.7. The van der Waals surface area contributed by atoms with E-state index in [-0.39, 0.29) is 95.6 Å². The Hall–Kier alpha value is 1.06. The fraction of sp³-hybridized carbons (Fsp3) is 0.500. The molecule has 1 atom stereocenters. The topological polar surface area (TPSA) is 231 Å². The van der Waals surface area contributed by atoms with Crippen molar-refractivity contribution in [3.8, 4) is 6.01 Å². The van der Waals surface area contributed by atoms with Gasteiger partial charge in [-0.2, -0.15) is 0 Å². The largest absolute Gasteiger partial charge is 1.00 e. The van der Waals surface area contributed by atoms with E-state index >= 15 is 0 Å². The smallest absolute Gasteiger partial charge is 0.809 e. The van der Waals surface area contributed by atoms with Gasteiger partial charge in [0.1, 0.15) is 5.52 Å². The van der Waals surface area contributed by atoms with Crippen molar-refractivity contribution in [1.29, 1.82) is 0 Å². The molecular weight excluding hydrogens is 390 g/mol. The van der Waals surface area contributed by atoms with Crippen molar-refractivity contribution in [2.75, 3.05) is 13.2 Å². The second kappa shape index (κ2) is 15.2. The molecule has 1 rings (SSSR count). The first-order valence-electron chi connectivity index (χ1n) is 5.41. The van der Waals surface area contributed by atoms with Crippen molar-refractivity contribution in [3.05, 3.63) is 18.5 Å². The molecule has 0 spiro atoms. The first-order chi connectivity index (χ1) is 9.21. The van der Waals surface area contributed by atoms with Crippen molar-refractivity contribution in [3.63, 3.8) is 0 Å². The van der Waals surface area contributed by atoms with Crippen LogP contribution in [0.2, 0.25) is 0 Å². The molecule has 0 saturated heterocycles. The molecule has 0 fully saturated rings. The summed E-state index contributed by atoms with van der Waals surface area (Å²) >= 11 is 0. The Morgan fingerprint density at radius 1 is 1.17 bits per heavy atom. The third-order valence-electron chi connectivity index (χ3n) is 2.04. The molecule has 16 heteroatoms. The van der Waals surface area contributed by atoms with E-state index < -0.39 is 20.7 Å². The summed E-state index contributed by atoms with van der Waals surface area (Å²) in [6, 6.07) is 1.72. The van der Waals surface area contributed by atoms with E-state index in [1.165, 1.54) is 12.4 Å². The minimum atomic E-state index is -5.44. The Morgan fingerprint density at radius 2 is 1.67 bits per heavy atom. The van der Waals surface area contributed by atoms with Crippen molar-refractivity contribution >= 4 is 15.2 Å². The average molecular weight is 407 g/mol. The first-order valence-corrected chi connectivity index (χ1v) is 8.71. The second-order valence-electron chi connectivity index (χ2n) is 3.69. The number of hydrogen-bond donors (Lipinski definition) is 3. The van der Waals surface area contributed by atoms with Crippen LogP contribution in [0.25, 0.3) is 0 Å². The Morgan fingerprint density at radius 3 is 2.08 bits per heavy atom. The van der Waals surface area contributed by atoms with Crippen LogP contribution in [0, 0.1) is 0 Å². The zero-order chi connectivity index (χ0) is 15.2. The Balaban J connectivity index is -0.000000500. The van der Waals surface area contributed by atoms with Crippen LogP contribution in [0.15, 0.2) is 18.5 Å². The van der Waals surface area contributed by atoms with Crippen LogP contribution < -0.4 is 79.0 Å². The third kappa shape index (κ3) is 13.3. The van der Waals surface area contributed by atoms with Crippen LogP contribution in [0.1, 0.15) is 6.42 Å². The van der Waals surface area contributed by atoms with E-state index in [0.717, 1.165) is 0 Å². The minimum Gasteiger partial charge on any atom is -0.809 e. The maximum absolute atomic E-state index is 10.9. The summed E-state index contributed by atoms with van der Waals surface area (Å²) in [5.41, 5.74) is -2.43. The monoisotopic (exact) mass is 407 g/mol. The van der Waals surface area contributed by atoms with Crippen molar-refractivity contribution in [2.45, 2.75) is 11.9 Å². The summed E-state index contributed by atoms with van der Waals surface area (Å²) in [4.78, 5) is 46.5. The standard InChI is InChI=1S/C8H15N3O7P2.2Na.2H2O/c12-19(13,14)8(20(15,16)17)11-5-2-6-18-7-9-3-1-4-10-7;;;;/h1,3-4,8,11H,2,5-6H2,(H2,12,13,14)(H2,15,16,17);;;2*1H2/q;2*+1;;/p-2. The SMILES string of the molecule is O.O.O=P([O-])([O-])C(NCCCOc1ncccn1)P(=O)(O)O.[Na+].[Na+]. The van der Waals surface area contributed by atoms with Crippen LogP contribution >= 0.6 is 15.2 Å². The van der Waals surface area contributed by atoms with Gasteiger partial charge in [-0.25, -0.2) is 9.97 Å². The molecule has 24 heavy (non-hydrogen) atoms. The summed E-state index contributed by atoms with van der Waals surface area (Å²) in [5, 5.41) is 2.01. The van der Waals surface area contributed by atoms with E-state index in [1.54, 1.807) is 6.07 Å². The number of nitrogens with zero attached hydrogens (tertiary/aromatic N) is 2. The predicted molar refractivity (Wildman–Crippen MR) is 70.8 cm³/mol. The van der Waals surface area contributed by atoms with Crippen molar-refractivity contribution in [1.82, 2.24) is 15.3 Å². The van der Waals surface area contributed by atoms with E-state index in [9.17, 15) is 18.9 Å². The Bertz CT molecular complexity index is 493. The summed E-state index contributed by atoms with van der Waals surface area (Å²) in [5.74, 6) is 0. The number of nitrogens with one attached hydrogen (secondary N) is 1. The number of hydrogen-bond acceptors (Lipinski definition) is 8. The predicted octanol–water partition coefficient (Wildman–Crippen LogP) is -9.43. The molecule has 0 saturated carbocycles. The molecule has 0 aliphatic rings. The van der Waals surface area contributed by atoms with Gasteiger partial charge in [0, 0.05) is 12.4 Å². The van der Waals surface area contributed by atoms with Crippen LogP contribution in [-0.4, -0.2) is 49.4 Å². The van der Waals surface area contributed by atoms with E-state index in [1.807, 2.05) is 5.32 Å². The van der Waals surface area contributed by atoms with Crippen LogP contribution in [-0.2, 0) is 9.13 Å². The van der Waals surface area contributed by atoms with E-state index in [0.29, 0.717) is 0 Å². The molecular formula is C8H17N3Na2O9P2. The van der Waals surface area contributed by atoms with E-state index in [2.05, 4.69) is 9.97 Å². The molecule has 0 bridgehead atoms. The van der Waals surface area contributed by atoms with Gasteiger partial charge in [0.2, 0.25) is 0 Å². The molecule has 12 nitrogen and oxygen atoms in total. The molecule has 1 aromatic heterocycles. The Kier molecular flexibility index (Phi) is 20.6. The minimum absolute atomic E-state index is 0. The van der Waals surface area contributed by atoms with Gasteiger partial charge < -0.3 is 39.8 Å². The summed E-state index contributed by atoms with van der Waals surface area (Å²) in [6.07, 6.45) is 3.14. The fourth-order valence-corrected chi connectivity index (χ4v) is 3.44. The third-order valence-corrected chi connectivity index (χ3v) is 5.39. The molecule has 1 aromatic rings. The van der Waals surface area contributed by atoms with Crippen LogP contribution in [0.4, 0.5) is 0 Å². The molecule has 0 aliphatic heterocycles. The number of aromatic nitrogens is 2. The molecule has 0 amide bonds. The van der Waals surface area contributed by atoms with Gasteiger partial charge in [0.05, 0.1) is 6.61 Å². The van der Waals surface area contributed by atoms with Gasteiger partial charge in [-0.3, -0.25) is 9.88 Å². The fourth-order valence-electron chi connectivity index (χ4n) is 1.24. The zero-order valence-electron chi connectivity index (χ0n) is 13.2. The van der Waals surface area contributed by atoms with E-state index in [4.69, 9.17) is 14.5 Å². The quantitative estimate of drug-likeness (QED) is 0.209. The molecule has 130 valence electrons.